The molecule has 1 heterocycles. The van der Waals surface area contributed by atoms with E-state index in [-0.39, 0.29) is 11.0 Å². The second-order valence-corrected chi connectivity index (χ2v) is 4.52. The second kappa shape index (κ2) is 6.07. The molecule has 106 valence electrons. The third-order valence-electron chi connectivity index (χ3n) is 2.52. The Morgan fingerprint density at radius 1 is 1.15 bits per heavy atom. The van der Waals surface area contributed by atoms with Gasteiger partial charge >= 0.3 is 0 Å². The molecule has 0 aliphatic carbocycles. The predicted molar refractivity (Wildman–Crippen MR) is 76.2 cm³/mol. The average Bonchev–Trinajstić information content (AvgIpc) is 2.86. The van der Waals surface area contributed by atoms with Crippen LogP contribution in [0.4, 0.5) is 5.69 Å². The first-order valence-corrected chi connectivity index (χ1v) is 6.29. The van der Waals surface area contributed by atoms with Crippen LogP contribution in [-0.2, 0) is 0 Å². The standard InChI is InChI=1S/C13H11Cl2NO4/c1-18-10-6-11(19-2)8(5-7(10)14)16-13(17)9-3-4-12(15)20-9/h3-6H,1-2H3,(H,16,17). The number of carbonyl (C=O) groups excluding carboxylic acids is 1. The lowest BCUT2D eigenvalue weighted by atomic mass is 10.2. The molecular formula is C13H11Cl2NO4. The van der Waals surface area contributed by atoms with Crippen molar-refractivity contribution in [2.45, 2.75) is 0 Å². The lowest BCUT2D eigenvalue weighted by Gasteiger charge is -2.12. The lowest BCUT2D eigenvalue weighted by molar-refractivity contribution is 0.0996. The van der Waals surface area contributed by atoms with E-state index in [1.807, 2.05) is 0 Å². The molecule has 0 bridgehead atoms. The highest BCUT2D eigenvalue weighted by atomic mass is 35.5. The third-order valence-corrected chi connectivity index (χ3v) is 3.02. The van der Waals surface area contributed by atoms with Gasteiger partial charge in [0.1, 0.15) is 11.5 Å². The van der Waals surface area contributed by atoms with Crippen LogP contribution in [0.15, 0.2) is 28.7 Å². The zero-order valence-corrected chi connectivity index (χ0v) is 12.2. The van der Waals surface area contributed by atoms with Crippen molar-refractivity contribution >= 4 is 34.8 Å². The van der Waals surface area contributed by atoms with Gasteiger partial charge in [-0.15, -0.1) is 0 Å². The molecule has 1 aromatic heterocycles. The van der Waals surface area contributed by atoms with Crippen molar-refractivity contribution in [1.29, 1.82) is 0 Å². The SMILES string of the molecule is COc1cc(OC)c(NC(=O)c2ccc(Cl)o2)cc1Cl. The molecule has 2 aromatic rings. The molecule has 0 saturated carbocycles. The maximum atomic E-state index is 12.0. The fraction of sp³-hybridized carbons (Fsp3) is 0.154. The number of carbonyl (C=O) groups is 1. The number of methoxy groups -OCH3 is 2. The third kappa shape index (κ3) is 3.00. The molecule has 0 aliphatic rings. The number of furan rings is 1. The van der Waals surface area contributed by atoms with Gasteiger partial charge in [0.05, 0.1) is 24.9 Å². The van der Waals surface area contributed by atoms with Crippen LogP contribution in [-0.4, -0.2) is 20.1 Å². The van der Waals surface area contributed by atoms with E-state index in [2.05, 4.69) is 5.32 Å². The summed E-state index contributed by atoms with van der Waals surface area (Å²) in [6.45, 7) is 0. The first-order chi connectivity index (χ1) is 9.55. The van der Waals surface area contributed by atoms with E-state index in [0.29, 0.717) is 22.2 Å². The van der Waals surface area contributed by atoms with Gasteiger partial charge in [0, 0.05) is 6.07 Å². The van der Waals surface area contributed by atoms with Crippen LogP contribution in [0, 0.1) is 0 Å². The van der Waals surface area contributed by atoms with Crippen molar-refractivity contribution in [3.63, 3.8) is 0 Å². The molecule has 20 heavy (non-hydrogen) atoms. The van der Waals surface area contributed by atoms with Crippen molar-refractivity contribution in [3.05, 3.63) is 40.3 Å². The second-order valence-electron chi connectivity index (χ2n) is 3.74. The van der Waals surface area contributed by atoms with Gasteiger partial charge in [0.15, 0.2) is 11.0 Å². The van der Waals surface area contributed by atoms with Crippen LogP contribution in [0.1, 0.15) is 10.6 Å². The molecule has 2 rings (SSSR count). The Bertz CT molecular complexity index is 639. The maximum absolute atomic E-state index is 12.0. The molecule has 0 aliphatic heterocycles. The van der Waals surface area contributed by atoms with Gasteiger partial charge in [0.25, 0.3) is 5.91 Å². The van der Waals surface area contributed by atoms with Crippen LogP contribution in [0.2, 0.25) is 10.2 Å². The summed E-state index contributed by atoms with van der Waals surface area (Å²) in [7, 11) is 2.96. The highest BCUT2D eigenvalue weighted by Gasteiger charge is 2.15. The number of amides is 1. The Hall–Kier alpha value is -1.85. The topological polar surface area (TPSA) is 60.7 Å². The Morgan fingerprint density at radius 3 is 2.40 bits per heavy atom. The number of anilines is 1. The lowest BCUT2D eigenvalue weighted by Crippen LogP contribution is -2.11. The molecule has 0 unspecified atom stereocenters. The van der Waals surface area contributed by atoms with Crippen molar-refractivity contribution in [2.75, 3.05) is 19.5 Å². The van der Waals surface area contributed by atoms with Gasteiger partial charge in [-0.3, -0.25) is 4.79 Å². The summed E-state index contributed by atoms with van der Waals surface area (Å²) >= 11 is 11.6. The minimum absolute atomic E-state index is 0.0870. The molecule has 1 amide bonds. The fourth-order valence-electron chi connectivity index (χ4n) is 1.58. The van der Waals surface area contributed by atoms with E-state index in [4.69, 9.17) is 37.1 Å². The van der Waals surface area contributed by atoms with Crippen LogP contribution in [0.25, 0.3) is 0 Å². The monoisotopic (exact) mass is 315 g/mol. The van der Waals surface area contributed by atoms with E-state index in [1.54, 1.807) is 6.07 Å². The Labute approximate surface area is 125 Å². The van der Waals surface area contributed by atoms with Gasteiger partial charge in [-0.2, -0.15) is 0 Å². The summed E-state index contributed by atoms with van der Waals surface area (Å²) < 4.78 is 15.3. The predicted octanol–water partition coefficient (Wildman–Crippen LogP) is 3.86. The van der Waals surface area contributed by atoms with Crippen LogP contribution >= 0.6 is 23.2 Å². The molecular weight excluding hydrogens is 305 g/mol. The average molecular weight is 316 g/mol. The number of ether oxygens (including phenoxy) is 2. The van der Waals surface area contributed by atoms with Crippen molar-refractivity contribution in [1.82, 2.24) is 0 Å². The number of hydrogen-bond donors (Lipinski definition) is 1. The summed E-state index contributed by atoms with van der Waals surface area (Å²) in [5, 5.41) is 3.11. The molecule has 0 atom stereocenters. The van der Waals surface area contributed by atoms with E-state index in [0.717, 1.165) is 0 Å². The fourth-order valence-corrected chi connectivity index (χ4v) is 1.96. The Kier molecular flexibility index (Phi) is 4.42. The van der Waals surface area contributed by atoms with Crippen LogP contribution < -0.4 is 14.8 Å². The number of nitrogens with one attached hydrogen (secondary N) is 1. The molecule has 7 heteroatoms. The number of halogens is 2. The minimum Gasteiger partial charge on any atom is -0.495 e. The molecule has 5 nitrogen and oxygen atoms in total. The summed E-state index contributed by atoms with van der Waals surface area (Å²) in [4.78, 5) is 12.0. The van der Waals surface area contributed by atoms with Crippen LogP contribution in [0.3, 0.4) is 0 Å². The summed E-state index contributed by atoms with van der Waals surface area (Å²) in [5.74, 6) is 0.486. The van der Waals surface area contributed by atoms with Crippen LogP contribution in [0.5, 0.6) is 11.5 Å². The molecule has 0 fully saturated rings. The van der Waals surface area contributed by atoms with Crippen molar-refractivity contribution in [3.8, 4) is 11.5 Å². The highest BCUT2D eigenvalue weighted by Crippen LogP contribution is 2.36. The largest absolute Gasteiger partial charge is 0.495 e. The first kappa shape index (κ1) is 14.6. The number of rotatable bonds is 4. The van der Waals surface area contributed by atoms with E-state index in [1.165, 1.54) is 32.4 Å². The molecule has 0 saturated heterocycles. The van der Waals surface area contributed by atoms with Gasteiger partial charge in [-0.25, -0.2) is 0 Å². The first-order valence-electron chi connectivity index (χ1n) is 5.53. The highest BCUT2D eigenvalue weighted by molar-refractivity contribution is 6.32. The van der Waals surface area contributed by atoms with Gasteiger partial charge < -0.3 is 19.2 Å². The number of hydrogen-bond acceptors (Lipinski definition) is 4. The summed E-state index contributed by atoms with van der Waals surface area (Å²) in [5.41, 5.74) is 0.399. The summed E-state index contributed by atoms with van der Waals surface area (Å²) in [6.07, 6.45) is 0. The minimum atomic E-state index is -0.462. The number of benzene rings is 1. The van der Waals surface area contributed by atoms with Gasteiger partial charge in [-0.05, 0) is 29.8 Å². The Balaban J connectivity index is 2.28. The van der Waals surface area contributed by atoms with E-state index in [9.17, 15) is 4.79 Å². The zero-order valence-electron chi connectivity index (χ0n) is 10.7. The van der Waals surface area contributed by atoms with E-state index < -0.39 is 5.91 Å². The molecule has 1 N–H and O–H groups in total. The van der Waals surface area contributed by atoms with Crippen molar-refractivity contribution in [2.24, 2.45) is 0 Å². The normalized spacial score (nSPS) is 10.2. The van der Waals surface area contributed by atoms with Gasteiger partial charge in [0.2, 0.25) is 0 Å². The molecule has 0 spiro atoms. The Morgan fingerprint density at radius 2 is 1.85 bits per heavy atom. The zero-order chi connectivity index (χ0) is 14.7. The maximum Gasteiger partial charge on any atom is 0.291 e. The smallest absolute Gasteiger partial charge is 0.291 e. The van der Waals surface area contributed by atoms with Gasteiger partial charge in [-0.1, -0.05) is 11.6 Å². The quantitative estimate of drug-likeness (QED) is 0.930. The summed E-state index contributed by atoms with van der Waals surface area (Å²) in [6, 6.07) is 6.05. The molecule has 0 radical (unpaired) electrons. The van der Waals surface area contributed by atoms with Crippen molar-refractivity contribution < 1.29 is 18.7 Å². The van der Waals surface area contributed by atoms with E-state index >= 15 is 0 Å². The molecule has 1 aromatic carbocycles.